The lowest BCUT2D eigenvalue weighted by atomic mass is 10.2. The molecule has 0 radical (unpaired) electrons. The quantitative estimate of drug-likeness (QED) is 0.859. The summed E-state index contributed by atoms with van der Waals surface area (Å²) in [5, 5.41) is 3.11. The van der Waals surface area contributed by atoms with Crippen molar-refractivity contribution in [2.45, 2.75) is 6.92 Å². The molecule has 4 nitrogen and oxygen atoms in total. The summed E-state index contributed by atoms with van der Waals surface area (Å²) in [7, 11) is 0. The number of carbonyl (C=O) groups excluding carboxylic acids is 1. The van der Waals surface area contributed by atoms with Crippen molar-refractivity contribution in [3.8, 4) is 0 Å². The Morgan fingerprint density at radius 2 is 2.11 bits per heavy atom. The fourth-order valence-corrected chi connectivity index (χ4v) is 2.00. The van der Waals surface area contributed by atoms with Crippen molar-refractivity contribution >= 4 is 34.8 Å². The van der Waals surface area contributed by atoms with E-state index in [1.165, 1.54) is 0 Å². The van der Waals surface area contributed by atoms with Gasteiger partial charge in [-0.25, -0.2) is 4.98 Å². The molecule has 0 fully saturated rings. The van der Waals surface area contributed by atoms with Crippen molar-refractivity contribution in [2.75, 3.05) is 5.32 Å². The van der Waals surface area contributed by atoms with Gasteiger partial charge >= 0.3 is 0 Å². The minimum Gasteiger partial charge on any atom is -0.318 e. The number of aryl methyl sites for hydroxylation is 1. The highest BCUT2D eigenvalue weighted by Gasteiger charge is 2.13. The summed E-state index contributed by atoms with van der Waals surface area (Å²) < 4.78 is 0. The van der Waals surface area contributed by atoms with E-state index in [0.29, 0.717) is 11.4 Å². The van der Waals surface area contributed by atoms with E-state index >= 15 is 0 Å². The lowest BCUT2D eigenvalue weighted by molar-refractivity contribution is 0.102. The topological polar surface area (TPSA) is 54.9 Å². The van der Waals surface area contributed by atoms with Crippen LogP contribution in [-0.4, -0.2) is 15.9 Å². The van der Waals surface area contributed by atoms with E-state index in [-0.39, 0.29) is 16.2 Å². The maximum atomic E-state index is 11.9. The van der Waals surface area contributed by atoms with Crippen LogP contribution >= 0.6 is 23.2 Å². The van der Waals surface area contributed by atoms with Gasteiger partial charge in [0.2, 0.25) is 0 Å². The molecule has 18 heavy (non-hydrogen) atoms. The summed E-state index contributed by atoms with van der Waals surface area (Å²) in [5.41, 5.74) is 1.49. The molecule has 2 rings (SSSR count). The third kappa shape index (κ3) is 2.78. The molecule has 2 aromatic rings. The van der Waals surface area contributed by atoms with E-state index in [4.69, 9.17) is 23.2 Å². The van der Waals surface area contributed by atoms with Crippen LogP contribution in [0.25, 0.3) is 0 Å². The summed E-state index contributed by atoms with van der Waals surface area (Å²) >= 11 is 11.7. The molecule has 0 bridgehead atoms. The number of amides is 1. The molecule has 0 aromatic carbocycles. The Kier molecular flexibility index (Phi) is 3.79. The van der Waals surface area contributed by atoms with E-state index in [0.717, 1.165) is 5.56 Å². The number of hydrogen-bond donors (Lipinski definition) is 1. The predicted molar refractivity (Wildman–Crippen MR) is 71.2 cm³/mol. The molecule has 2 heterocycles. The number of hydrogen-bond acceptors (Lipinski definition) is 3. The van der Waals surface area contributed by atoms with Crippen molar-refractivity contribution in [3.05, 3.63) is 52.0 Å². The van der Waals surface area contributed by atoms with Crippen LogP contribution in [0.15, 0.2) is 30.5 Å². The van der Waals surface area contributed by atoms with Gasteiger partial charge in [-0.3, -0.25) is 9.78 Å². The second-order valence-electron chi connectivity index (χ2n) is 3.60. The Hall–Kier alpha value is -1.65. The molecule has 0 unspecified atom stereocenters. The zero-order chi connectivity index (χ0) is 13.1. The number of nitrogens with one attached hydrogen (secondary N) is 1. The average Bonchev–Trinajstić information content (AvgIpc) is 2.34. The molecule has 0 spiro atoms. The van der Waals surface area contributed by atoms with Gasteiger partial charge in [0.25, 0.3) is 5.91 Å². The van der Waals surface area contributed by atoms with Gasteiger partial charge in [0, 0.05) is 6.20 Å². The minimum atomic E-state index is -0.343. The number of carbonyl (C=O) groups is 1. The van der Waals surface area contributed by atoms with Crippen molar-refractivity contribution in [2.24, 2.45) is 0 Å². The Morgan fingerprint density at radius 3 is 2.72 bits per heavy atom. The molecule has 0 aliphatic rings. The van der Waals surface area contributed by atoms with Crippen LogP contribution in [0.5, 0.6) is 0 Å². The Balaban J connectivity index is 2.28. The number of anilines is 1. The van der Waals surface area contributed by atoms with Crippen LogP contribution in [0.4, 0.5) is 5.69 Å². The number of halogens is 2. The molecule has 0 aliphatic heterocycles. The summed E-state index contributed by atoms with van der Waals surface area (Å²) in [6.07, 6.45) is 1.55. The Bertz CT molecular complexity index is 564. The number of aromatic nitrogens is 2. The molecule has 2 aromatic heterocycles. The molecule has 0 aliphatic carbocycles. The summed E-state index contributed by atoms with van der Waals surface area (Å²) in [6.45, 7) is 1.79. The van der Waals surface area contributed by atoms with Crippen LogP contribution < -0.4 is 5.32 Å². The fourth-order valence-electron chi connectivity index (χ4n) is 1.42. The van der Waals surface area contributed by atoms with Gasteiger partial charge in [-0.2, -0.15) is 0 Å². The zero-order valence-corrected chi connectivity index (χ0v) is 11.0. The SMILES string of the molecule is Cc1cc(Cl)nc(Cl)c1NC(=O)c1ccccn1. The van der Waals surface area contributed by atoms with Gasteiger partial charge < -0.3 is 5.32 Å². The van der Waals surface area contributed by atoms with E-state index < -0.39 is 0 Å². The highest BCUT2D eigenvalue weighted by atomic mass is 35.5. The smallest absolute Gasteiger partial charge is 0.274 e. The number of nitrogens with zero attached hydrogens (tertiary/aromatic N) is 2. The van der Waals surface area contributed by atoms with Crippen molar-refractivity contribution in [1.82, 2.24) is 9.97 Å². The normalized spacial score (nSPS) is 10.2. The third-order valence-corrected chi connectivity index (χ3v) is 2.74. The van der Waals surface area contributed by atoms with Crippen LogP contribution in [0.1, 0.15) is 16.1 Å². The molecular weight excluding hydrogens is 273 g/mol. The van der Waals surface area contributed by atoms with Crippen molar-refractivity contribution in [1.29, 1.82) is 0 Å². The second-order valence-corrected chi connectivity index (χ2v) is 4.34. The Labute approximate surface area is 114 Å². The molecule has 0 saturated carbocycles. The van der Waals surface area contributed by atoms with Crippen LogP contribution in [0.3, 0.4) is 0 Å². The molecule has 0 saturated heterocycles. The van der Waals surface area contributed by atoms with Gasteiger partial charge in [-0.05, 0) is 30.7 Å². The summed E-state index contributed by atoms with van der Waals surface area (Å²) in [4.78, 5) is 19.7. The van der Waals surface area contributed by atoms with Gasteiger partial charge in [0.15, 0.2) is 5.15 Å². The first-order chi connectivity index (χ1) is 8.58. The predicted octanol–water partition coefficient (Wildman–Crippen LogP) is 3.34. The fraction of sp³-hybridized carbons (Fsp3) is 0.0833. The van der Waals surface area contributed by atoms with Gasteiger partial charge in [0.05, 0.1) is 5.69 Å². The minimum absolute atomic E-state index is 0.157. The van der Waals surface area contributed by atoms with Crippen LogP contribution in [-0.2, 0) is 0 Å². The zero-order valence-electron chi connectivity index (χ0n) is 9.45. The molecular formula is C12H9Cl2N3O. The molecule has 6 heteroatoms. The summed E-state index contributed by atoms with van der Waals surface area (Å²) in [5.74, 6) is -0.343. The number of rotatable bonds is 2. The lowest BCUT2D eigenvalue weighted by Gasteiger charge is -2.09. The highest BCUT2D eigenvalue weighted by Crippen LogP contribution is 2.26. The molecule has 1 N–H and O–H groups in total. The molecule has 0 atom stereocenters. The monoisotopic (exact) mass is 281 g/mol. The lowest BCUT2D eigenvalue weighted by Crippen LogP contribution is -2.14. The number of pyridine rings is 2. The van der Waals surface area contributed by atoms with Crippen LogP contribution in [0.2, 0.25) is 10.3 Å². The van der Waals surface area contributed by atoms with Crippen molar-refractivity contribution < 1.29 is 4.79 Å². The maximum absolute atomic E-state index is 11.9. The van der Waals surface area contributed by atoms with E-state index in [1.807, 2.05) is 0 Å². The van der Waals surface area contributed by atoms with E-state index in [9.17, 15) is 4.79 Å². The Morgan fingerprint density at radius 1 is 1.33 bits per heavy atom. The first-order valence-electron chi connectivity index (χ1n) is 5.13. The van der Waals surface area contributed by atoms with Crippen molar-refractivity contribution in [3.63, 3.8) is 0 Å². The first kappa shape index (κ1) is 12.8. The maximum Gasteiger partial charge on any atom is 0.274 e. The largest absolute Gasteiger partial charge is 0.318 e. The highest BCUT2D eigenvalue weighted by molar-refractivity contribution is 6.35. The van der Waals surface area contributed by atoms with E-state index in [2.05, 4.69) is 15.3 Å². The third-order valence-electron chi connectivity index (χ3n) is 2.28. The van der Waals surface area contributed by atoms with Crippen LogP contribution in [0, 0.1) is 6.92 Å². The van der Waals surface area contributed by atoms with Gasteiger partial charge in [0.1, 0.15) is 10.8 Å². The molecule has 92 valence electrons. The first-order valence-corrected chi connectivity index (χ1v) is 5.88. The van der Waals surface area contributed by atoms with Gasteiger partial charge in [-0.15, -0.1) is 0 Å². The second kappa shape index (κ2) is 5.33. The summed E-state index contributed by atoms with van der Waals surface area (Å²) in [6, 6.07) is 6.71. The van der Waals surface area contributed by atoms with Gasteiger partial charge in [-0.1, -0.05) is 29.3 Å². The average molecular weight is 282 g/mol. The van der Waals surface area contributed by atoms with E-state index in [1.54, 1.807) is 37.4 Å². The molecule has 1 amide bonds. The standard InChI is InChI=1S/C12H9Cl2N3O/c1-7-6-9(13)16-11(14)10(7)17-12(18)8-4-2-3-5-15-8/h2-6H,1H3,(H,17,18).